The molecular weight excluding hydrogens is 343 g/mol. The van der Waals surface area contributed by atoms with Crippen LogP contribution < -0.4 is 10.9 Å². The van der Waals surface area contributed by atoms with Gasteiger partial charge in [0, 0.05) is 15.3 Å². The number of aromatic amines is 1. The first-order valence-corrected chi connectivity index (χ1v) is 6.41. The van der Waals surface area contributed by atoms with Crippen molar-refractivity contribution in [3.8, 4) is 0 Å². The number of hydrogen-bond donors (Lipinski definition) is 2. The quantitative estimate of drug-likeness (QED) is 0.815. The fraction of sp³-hybridized carbons (Fsp3) is 0.0769. The Balaban J connectivity index is 2.24. The van der Waals surface area contributed by atoms with Crippen LogP contribution in [0.15, 0.2) is 41.2 Å². The van der Waals surface area contributed by atoms with Crippen molar-refractivity contribution in [1.82, 2.24) is 4.98 Å². The molecule has 0 unspecified atom stereocenters. The molecule has 2 N–H and O–H groups in total. The SMILES string of the molecule is Cc1cc(I)ccc1NC(=O)c1cccc(=O)[nH]1. The Bertz CT molecular complexity index is 649. The van der Waals surface area contributed by atoms with Crippen molar-refractivity contribution >= 4 is 34.2 Å². The molecule has 2 rings (SSSR count). The molecule has 5 heteroatoms. The number of hydrogen-bond acceptors (Lipinski definition) is 2. The zero-order chi connectivity index (χ0) is 13.1. The molecule has 1 amide bonds. The minimum atomic E-state index is -0.322. The minimum absolute atomic E-state index is 0.250. The lowest BCUT2D eigenvalue weighted by atomic mass is 10.2. The molecule has 0 atom stereocenters. The molecule has 0 aliphatic heterocycles. The summed E-state index contributed by atoms with van der Waals surface area (Å²) in [5, 5.41) is 2.77. The number of halogens is 1. The number of pyridine rings is 1. The summed E-state index contributed by atoms with van der Waals surface area (Å²) < 4.78 is 1.11. The normalized spacial score (nSPS) is 10.1. The van der Waals surface area contributed by atoms with Crippen LogP contribution >= 0.6 is 22.6 Å². The molecule has 92 valence electrons. The number of aromatic nitrogens is 1. The van der Waals surface area contributed by atoms with E-state index in [9.17, 15) is 9.59 Å². The molecule has 0 bridgehead atoms. The maximum absolute atomic E-state index is 11.9. The number of anilines is 1. The average Bonchev–Trinajstić information content (AvgIpc) is 2.32. The molecule has 0 spiro atoms. The summed E-state index contributed by atoms with van der Waals surface area (Å²) in [5.41, 5.74) is 1.68. The van der Waals surface area contributed by atoms with E-state index in [1.807, 2.05) is 25.1 Å². The van der Waals surface area contributed by atoms with E-state index in [0.717, 1.165) is 14.8 Å². The van der Waals surface area contributed by atoms with E-state index in [1.54, 1.807) is 12.1 Å². The lowest BCUT2D eigenvalue weighted by molar-refractivity contribution is 0.102. The highest BCUT2D eigenvalue weighted by atomic mass is 127. The average molecular weight is 354 g/mol. The third-order valence-corrected chi connectivity index (χ3v) is 3.12. The van der Waals surface area contributed by atoms with Gasteiger partial charge in [0.15, 0.2) is 0 Å². The van der Waals surface area contributed by atoms with E-state index in [4.69, 9.17) is 0 Å². The first kappa shape index (κ1) is 12.8. The summed E-state index contributed by atoms with van der Waals surface area (Å²) in [6.07, 6.45) is 0. The van der Waals surface area contributed by atoms with Crippen molar-refractivity contribution in [1.29, 1.82) is 0 Å². The van der Waals surface area contributed by atoms with Crippen molar-refractivity contribution < 1.29 is 4.79 Å². The third-order valence-electron chi connectivity index (χ3n) is 2.45. The Labute approximate surface area is 118 Å². The van der Waals surface area contributed by atoms with E-state index >= 15 is 0 Å². The molecular formula is C13H11IN2O2. The fourth-order valence-electron chi connectivity index (χ4n) is 1.54. The van der Waals surface area contributed by atoms with Gasteiger partial charge >= 0.3 is 0 Å². The highest BCUT2D eigenvalue weighted by Gasteiger charge is 2.08. The van der Waals surface area contributed by atoms with Gasteiger partial charge in [-0.05, 0) is 59.3 Å². The van der Waals surface area contributed by atoms with Gasteiger partial charge in [-0.15, -0.1) is 0 Å². The van der Waals surface area contributed by atoms with Gasteiger partial charge in [-0.2, -0.15) is 0 Å². The van der Waals surface area contributed by atoms with E-state index in [1.165, 1.54) is 6.07 Å². The molecule has 18 heavy (non-hydrogen) atoms. The monoisotopic (exact) mass is 354 g/mol. The molecule has 1 aromatic carbocycles. The van der Waals surface area contributed by atoms with Gasteiger partial charge in [-0.25, -0.2) is 0 Å². The van der Waals surface area contributed by atoms with Gasteiger partial charge in [0.1, 0.15) is 5.69 Å². The topological polar surface area (TPSA) is 62.0 Å². The lowest BCUT2D eigenvalue weighted by Gasteiger charge is -2.08. The van der Waals surface area contributed by atoms with Gasteiger partial charge in [0.2, 0.25) is 5.56 Å². The fourth-order valence-corrected chi connectivity index (χ4v) is 2.18. The smallest absolute Gasteiger partial charge is 0.272 e. The van der Waals surface area contributed by atoms with Gasteiger partial charge in [0.25, 0.3) is 5.91 Å². The van der Waals surface area contributed by atoms with Gasteiger partial charge in [0.05, 0.1) is 0 Å². The molecule has 0 saturated carbocycles. The number of rotatable bonds is 2. The maximum atomic E-state index is 11.9. The predicted octanol–water partition coefficient (Wildman–Crippen LogP) is 2.54. The zero-order valence-electron chi connectivity index (χ0n) is 9.66. The van der Waals surface area contributed by atoms with Crippen LogP contribution in [0.4, 0.5) is 5.69 Å². The number of aryl methyl sites for hydroxylation is 1. The molecule has 2 aromatic rings. The number of benzene rings is 1. The Kier molecular flexibility index (Phi) is 3.81. The summed E-state index contributed by atoms with van der Waals surface area (Å²) in [4.78, 5) is 25.5. The molecule has 1 aromatic heterocycles. The summed E-state index contributed by atoms with van der Waals surface area (Å²) in [6.45, 7) is 1.92. The van der Waals surface area contributed by atoms with Crippen LogP contribution in [-0.4, -0.2) is 10.9 Å². The summed E-state index contributed by atoms with van der Waals surface area (Å²) in [5.74, 6) is -0.322. The number of carbonyl (C=O) groups is 1. The van der Waals surface area contributed by atoms with Crippen molar-refractivity contribution in [2.45, 2.75) is 6.92 Å². The molecule has 0 aliphatic rings. The molecule has 0 fully saturated rings. The van der Waals surface area contributed by atoms with Crippen molar-refractivity contribution in [2.75, 3.05) is 5.32 Å². The zero-order valence-corrected chi connectivity index (χ0v) is 11.8. The van der Waals surface area contributed by atoms with Gasteiger partial charge in [-0.1, -0.05) is 6.07 Å². The molecule has 0 saturated heterocycles. The van der Waals surface area contributed by atoms with Gasteiger partial charge in [-0.3, -0.25) is 9.59 Å². The maximum Gasteiger partial charge on any atom is 0.272 e. The van der Waals surface area contributed by atoms with Crippen LogP contribution in [0, 0.1) is 10.5 Å². The highest BCUT2D eigenvalue weighted by molar-refractivity contribution is 14.1. The Morgan fingerprint density at radius 1 is 1.28 bits per heavy atom. The highest BCUT2D eigenvalue weighted by Crippen LogP contribution is 2.18. The minimum Gasteiger partial charge on any atom is -0.320 e. The van der Waals surface area contributed by atoms with Crippen molar-refractivity contribution in [2.24, 2.45) is 0 Å². The predicted molar refractivity (Wildman–Crippen MR) is 78.9 cm³/mol. The van der Waals surface area contributed by atoms with E-state index in [-0.39, 0.29) is 17.2 Å². The van der Waals surface area contributed by atoms with Crippen LogP contribution in [-0.2, 0) is 0 Å². The first-order chi connectivity index (χ1) is 8.56. The Morgan fingerprint density at radius 2 is 2.06 bits per heavy atom. The number of H-pyrrole nitrogens is 1. The van der Waals surface area contributed by atoms with Crippen LogP contribution in [0.1, 0.15) is 16.1 Å². The van der Waals surface area contributed by atoms with Crippen LogP contribution in [0.25, 0.3) is 0 Å². The van der Waals surface area contributed by atoms with E-state index in [0.29, 0.717) is 0 Å². The second-order valence-electron chi connectivity index (χ2n) is 3.84. The van der Waals surface area contributed by atoms with Crippen LogP contribution in [0.3, 0.4) is 0 Å². The summed E-state index contributed by atoms with van der Waals surface area (Å²) >= 11 is 2.21. The summed E-state index contributed by atoms with van der Waals surface area (Å²) in [6, 6.07) is 10.2. The second-order valence-corrected chi connectivity index (χ2v) is 5.09. The standard InChI is InChI=1S/C13H11IN2O2/c1-8-7-9(14)5-6-10(8)16-13(18)11-3-2-4-12(17)15-11/h2-7H,1H3,(H,15,17)(H,16,18). The van der Waals surface area contributed by atoms with Crippen LogP contribution in [0.5, 0.6) is 0 Å². The largest absolute Gasteiger partial charge is 0.320 e. The summed E-state index contributed by atoms with van der Waals surface area (Å²) in [7, 11) is 0. The van der Waals surface area contributed by atoms with Crippen molar-refractivity contribution in [3.63, 3.8) is 0 Å². The number of carbonyl (C=O) groups excluding carboxylic acids is 1. The lowest BCUT2D eigenvalue weighted by Crippen LogP contribution is -2.18. The van der Waals surface area contributed by atoms with Gasteiger partial charge < -0.3 is 10.3 Å². The van der Waals surface area contributed by atoms with Crippen LogP contribution in [0.2, 0.25) is 0 Å². The Morgan fingerprint density at radius 3 is 2.72 bits per heavy atom. The van der Waals surface area contributed by atoms with Crippen molar-refractivity contribution in [3.05, 3.63) is 61.6 Å². The van der Waals surface area contributed by atoms with E-state index < -0.39 is 0 Å². The number of amides is 1. The third kappa shape index (κ3) is 2.98. The molecule has 0 aliphatic carbocycles. The molecule has 1 heterocycles. The Hall–Kier alpha value is -1.63. The number of nitrogens with one attached hydrogen (secondary N) is 2. The van der Waals surface area contributed by atoms with E-state index in [2.05, 4.69) is 32.9 Å². The second kappa shape index (κ2) is 5.34. The first-order valence-electron chi connectivity index (χ1n) is 5.33. The molecule has 0 radical (unpaired) electrons. The molecule has 4 nitrogen and oxygen atoms in total.